The van der Waals surface area contributed by atoms with Crippen molar-refractivity contribution >= 4 is 17.8 Å². The molecule has 8 nitrogen and oxygen atoms in total. The standard InChI is InChI=1S/C15H16N2O6/c18-13(17-10-3-9(4-10)15(20)21)6-16-14(19)8-1-2-11-12(5-8)23-7-22-11/h1-2,5,9-10H,3-4,6-7H2,(H,16,19)(H,17,18)(H,20,21). The lowest BCUT2D eigenvalue weighted by atomic mass is 9.80. The van der Waals surface area contributed by atoms with Crippen LogP contribution in [-0.4, -0.2) is 42.3 Å². The molecule has 8 heteroatoms. The number of benzene rings is 1. The fourth-order valence-corrected chi connectivity index (χ4v) is 2.52. The van der Waals surface area contributed by atoms with E-state index in [4.69, 9.17) is 14.6 Å². The van der Waals surface area contributed by atoms with Crippen LogP contribution in [0.3, 0.4) is 0 Å². The van der Waals surface area contributed by atoms with Crippen LogP contribution in [0.4, 0.5) is 0 Å². The molecule has 1 fully saturated rings. The molecule has 3 N–H and O–H groups in total. The second-order valence-corrected chi connectivity index (χ2v) is 5.52. The first-order valence-electron chi connectivity index (χ1n) is 7.23. The number of amides is 2. The molecule has 1 aromatic rings. The van der Waals surface area contributed by atoms with Gasteiger partial charge in [0.25, 0.3) is 5.91 Å². The Morgan fingerprint density at radius 3 is 2.65 bits per heavy atom. The molecule has 0 radical (unpaired) electrons. The van der Waals surface area contributed by atoms with Crippen LogP contribution in [0.25, 0.3) is 0 Å². The summed E-state index contributed by atoms with van der Waals surface area (Å²) in [5.41, 5.74) is 0.372. The van der Waals surface area contributed by atoms with Crippen molar-refractivity contribution in [1.82, 2.24) is 10.6 Å². The Morgan fingerprint density at radius 1 is 1.17 bits per heavy atom. The average Bonchev–Trinajstić information content (AvgIpc) is 2.95. The zero-order valence-corrected chi connectivity index (χ0v) is 12.2. The normalized spacial score (nSPS) is 21.2. The molecular weight excluding hydrogens is 304 g/mol. The summed E-state index contributed by atoms with van der Waals surface area (Å²) in [5, 5.41) is 14.0. The molecule has 2 amide bonds. The topological polar surface area (TPSA) is 114 Å². The van der Waals surface area contributed by atoms with Crippen molar-refractivity contribution in [2.24, 2.45) is 5.92 Å². The maximum atomic E-state index is 12.0. The molecule has 1 aliphatic heterocycles. The number of carbonyl (C=O) groups excluding carboxylic acids is 2. The highest BCUT2D eigenvalue weighted by Crippen LogP contribution is 2.32. The van der Waals surface area contributed by atoms with E-state index >= 15 is 0 Å². The zero-order valence-electron chi connectivity index (χ0n) is 12.2. The van der Waals surface area contributed by atoms with Crippen molar-refractivity contribution in [3.8, 4) is 11.5 Å². The highest BCUT2D eigenvalue weighted by Gasteiger charge is 2.35. The van der Waals surface area contributed by atoms with Gasteiger partial charge < -0.3 is 25.2 Å². The van der Waals surface area contributed by atoms with Crippen molar-refractivity contribution in [3.05, 3.63) is 23.8 Å². The molecular formula is C15H16N2O6. The third-order valence-electron chi connectivity index (χ3n) is 3.90. The quantitative estimate of drug-likeness (QED) is 0.710. The van der Waals surface area contributed by atoms with Gasteiger partial charge in [-0.25, -0.2) is 0 Å². The Balaban J connectivity index is 1.44. The molecule has 0 bridgehead atoms. The van der Waals surface area contributed by atoms with Gasteiger partial charge in [-0.2, -0.15) is 0 Å². The summed E-state index contributed by atoms with van der Waals surface area (Å²) in [6, 6.07) is 4.65. The predicted molar refractivity (Wildman–Crippen MR) is 77.2 cm³/mol. The van der Waals surface area contributed by atoms with Crippen molar-refractivity contribution in [2.75, 3.05) is 13.3 Å². The molecule has 0 spiro atoms. The maximum absolute atomic E-state index is 12.0. The van der Waals surface area contributed by atoms with Gasteiger partial charge in [0.15, 0.2) is 11.5 Å². The van der Waals surface area contributed by atoms with Crippen LogP contribution in [0, 0.1) is 5.92 Å². The van der Waals surface area contributed by atoms with Crippen molar-refractivity contribution in [3.63, 3.8) is 0 Å². The summed E-state index contributed by atoms with van der Waals surface area (Å²) in [7, 11) is 0. The highest BCUT2D eigenvalue weighted by atomic mass is 16.7. The van der Waals surface area contributed by atoms with E-state index in [0.717, 1.165) is 0 Å². The lowest BCUT2D eigenvalue weighted by molar-refractivity contribution is -0.146. The maximum Gasteiger partial charge on any atom is 0.306 e. The van der Waals surface area contributed by atoms with Crippen LogP contribution in [0.15, 0.2) is 18.2 Å². The van der Waals surface area contributed by atoms with Crippen LogP contribution in [0.2, 0.25) is 0 Å². The lowest BCUT2D eigenvalue weighted by Gasteiger charge is -2.32. The van der Waals surface area contributed by atoms with Gasteiger partial charge in [0, 0.05) is 11.6 Å². The third kappa shape index (κ3) is 3.36. The van der Waals surface area contributed by atoms with Crippen LogP contribution >= 0.6 is 0 Å². The minimum Gasteiger partial charge on any atom is -0.481 e. The van der Waals surface area contributed by atoms with Gasteiger partial charge in [-0.1, -0.05) is 0 Å². The van der Waals surface area contributed by atoms with Gasteiger partial charge in [0.1, 0.15) is 0 Å². The fourth-order valence-electron chi connectivity index (χ4n) is 2.52. The SMILES string of the molecule is O=C(CNC(=O)c1ccc2c(c1)OCO2)NC1CC(C(=O)O)C1. The van der Waals surface area contributed by atoms with Crippen LogP contribution in [-0.2, 0) is 9.59 Å². The van der Waals surface area contributed by atoms with E-state index in [2.05, 4.69) is 10.6 Å². The smallest absolute Gasteiger partial charge is 0.306 e. The van der Waals surface area contributed by atoms with Gasteiger partial charge in [0.2, 0.25) is 12.7 Å². The number of rotatable bonds is 5. The van der Waals surface area contributed by atoms with E-state index in [1.54, 1.807) is 18.2 Å². The molecule has 1 aliphatic carbocycles. The van der Waals surface area contributed by atoms with E-state index in [9.17, 15) is 14.4 Å². The summed E-state index contributed by atoms with van der Waals surface area (Å²) in [4.78, 5) is 34.4. The Kier molecular flexibility index (Phi) is 4.05. The fraction of sp³-hybridized carbons (Fsp3) is 0.400. The number of hydrogen-bond acceptors (Lipinski definition) is 5. The van der Waals surface area contributed by atoms with Gasteiger partial charge in [-0.15, -0.1) is 0 Å². The Bertz CT molecular complexity index is 653. The monoisotopic (exact) mass is 320 g/mol. The number of fused-ring (bicyclic) bond motifs is 1. The average molecular weight is 320 g/mol. The summed E-state index contributed by atoms with van der Waals surface area (Å²) in [6.45, 7) is -0.0386. The van der Waals surface area contributed by atoms with Crippen LogP contribution < -0.4 is 20.1 Å². The van der Waals surface area contributed by atoms with E-state index < -0.39 is 11.9 Å². The zero-order chi connectivity index (χ0) is 16.4. The van der Waals surface area contributed by atoms with Crippen LogP contribution in [0.1, 0.15) is 23.2 Å². The van der Waals surface area contributed by atoms with Gasteiger partial charge >= 0.3 is 5.97 Å². The largest absolute Gasteiger partial charge is 0.481 e. The Labute approximate surface area is 131 Å². The first-order chi connectivity index (χ1) is 11.0. The van der Waals surface area contributed by atoms with Crippen molar-refractivity contribution < 1.29 is 29.0 Å². The molecule has 122 valence electrons. The Hall–Kier alpha value is -2.77. The first kappa shape index (κ1) is 15.1. The molecule has 23 heavy (non-hydrogen) atoms. The van der Waals surface area contributed by atoms with Gasteiger partial charge in [-0.05, 0) is 31.0 Å². The van der Waals surface area contributed by atoms with Crippen molar-refractivity contribution in [1.29, 1.82) is 0 Å². The lowest BCUT2D eigenvalue weighted by Crippen LogP contribution is -2.49. The Morgan fingerprint density at radius 2 is 1.91 bits per heavy atom. The molecule has 0 atom stereocenters. The number of ether oxygens (including phenoxy) is 2. The molecule has 0 aromatic heterocycles. The molecule has 1 aromatic carbocycles. The second-order valence-electron chi connectivity index (χ2n) is 5.52. The number of hydrogen-bond donors (Lipinski definition) is 3. The number of carbonyl (C=O) groups is 3. The van der Waals surface area contributed by atoms with E-state index in [0.29, 0.717) is 29.9 Å². The molecule has 1 saturated carbocycles. The summed E-state index contributed by atoms with van der Waals surface area (Å²) in [6.07, 6.45) is 0.856. The van der Waals surface area contributed by atoms with Crippen LogP contribution in [0.5, 0.6) is 11.5 Å². The molecule has 0 unspecified atom stereocenters. The minimum atomic E-state index is -0.841. The summed E-state index contributed by atoms with van der Waals surface area (Å²) >= 11 is 0. The molecule has 2 aliphatic rings. The number of carboxylic acids is 1. The van der Waals surface area contributed by atoms with E-state index in [-0.39, 0.29) is 31.2 Å². The molecule has 0 saturated heterocycles. The van der Waals surface area contributed by atoms with Gasteiger partial charge in [-0.3, -0.25) is 14.4 Å². The summed E-state index contributed by atoms with van der Waals surface area (Å²) < 4.78 is 10.3. The highest BCUT2D eigenvalue weighted by molar-refractivity contribution is 5.97. The summed E-state index contributed by atoms with van der Waals surface area (Å²) in [5.74, 6) is -0.882. The van der Waals surface area contributed by atoms with Crippen molar-refractivity contribution in [2.45, 2.75) is 18.9 Å². The van der Waals surface area contributed by atoms with E-state index in [1.807, 2.05) is 0 Å². The predicted octanol–water partition coefficient (Wildman–Crippen LogP) is 0.125. The first-order valence-corrected chi connectivity index (χ1v) is 7.23. The third-order valence-corrected chi connectivity index (χ3v) is 3.90. The molecule has 1 heterocycles. The number of nitrogens with one attached hydrogen (secondary N) is 2. The minimum absolute atomic E-state index is 0.127. The van der Waals surface area contributed by atoms with E-state index in [1.165, 1.54) is 0 Å². The van der Waals surface area contributed by atoms with Gasteiger partial charge in [0.05, 0.1) is 12.5 Å². The number of aliphatic carboxylic acids is 1. The molecule has 3 rings (SSSR count). The second kappa shape index (κ2) is 6.15. The number of carboxylic acid groups (broad SMARTS) is 1.